The molecule has 25 heavy (non-hydrogen) atoms. The lowest BCUT2D eigenvalue weighted by molar-refractivity contribution is -0.136. The highest BCUT2D eigenvalue weighted by Crippen LogP contribution is 2.49. The lowest BCUT2D eigenvalue weighted by Gasteiger charge is -2.17. The SMILES string of the molecule is CCOP(=O)(O)C(C/C=C(\C)CC/C=C(\C)CCC=C(C)C)C(=O)O. The Bertz CT molecular complexity index is 556. The average Bonchev–Trinajstić information content (AvgIpc) is 2.46. The molecule has 0 aliphatic carbocycles. The largest absolute Gasteiger partial charge is 0.481 e. The van der Waals surface area contributed by atoms with Crippen molar-refractivity contribution < 1.29 is 23.9 Å². The molecule has 0 saturated heterocycles. The number of aliphatic carboxylic acids is 1. The number of carboxylic acids is 1. The quantitative estimate of drug-likeness (QED) is 0.350. The summed E-state index contributed by atoms with van der Waals surface area (Å²) in [7, 11) is -4.14. The van der Waals surface area contributed by atoms with Gasteiger partial charge in [-0.15, -0.1) is 0 Å². The van der Waals surface area contributed by atoms with Gasteiger partial charge in [-0.25, -0.2) is 0 Å². The molecule has 0 aliphatic heterocycles. The normalized spacial score (nSPS) is 16.2. The predicted octanol–water partition coefficient (Wildman–Crippen LogP) is 5.47. The fourth-order valence-corrected chi connectivity index (χ4v) is 3.50. The highest BCUT2D eigenvalue weighted by Gasteiger charge is 2.37. The van der Waals surface area contributed by atoms with Gasteiger partial charge in [0.25, 0.3) is 0 Å². The van der Waals surface area contributed by atoms with E-state index in [-0.39, 0.29) is 13.0 Å². The van der Waals surface area contributed by atoms with Crippen LogP contribution >= 0.6 is 7.60 Å². The summed E-state index contributed by atoms with van der Waals surface area (Å²) >= 11 is 0. The maximum absolute atomic E-state index is 11.9. The highest BCUT2D eigenvalue weighted by atomic mass is 31.2. The van der Waals surface area contributed by atoms with E-state index in [1.54, 1.807) is 13.0 Å². The van der Waals surface area contributed by atoms with Crippen LogP contribution in [0.2, 0.25) is 0 Å². The lowest BCUT2D eigenvalue weighted by atomic mass is 10.1. The third-order valence-electron chi connectivity index (χ3n) is 3.81. The molecule has 5 nitrogen and oxygen atoms in total. The fourth-order valence-electron chi connectivity index (χ4n) is 2.30. The maximum atomic E-state index is 11.9. The van der Waals surface area contributed by atoms with Crippen LogP contribution in [0, 0.1) is 0 Å². The minimum atomic E-state index is -4.14. The van der Waals surface area contributed by atoms with E-state index in [1.807, 2.05) is 6.92 Å². The van der Waals surface area contributed by atoms with Crippen molar-refractivity contribution in [2.75, 3.05) is 6.61 Å². The van der Waals surface area contributed by atoms with E-state index in [9.17, 15) is 14.3 Å². The molecule has 0 spiro atoms. The van der Waals surface area contributed by atoms with Gasteiger partial charge in [-0.2, -0.15) is 0 Å². The standard InChI is InChI=1S/C19H33O5P/c1-6-24-25(22,23)18(19(20)21)14-13-17(5)12-8-11-16(4)10-7-9-15(2)3/h9,11,13,18H,6-8,10,12,14H2,1-5H3,(H,20,21)(H,22,23)/b16-11+,17-13+. The third-order valence-corrected chi connectivity index (χ3v) is 5.65. The van der Waals surface area contributed by atoms with E-state index >= 15 is 0 Å². The first-order valence-electron chi connectivity index (χ1n) is 8.74. The summed E-state index contributed by atoms with van der Waals surface area (Å²) in [6, 6.07) is 0. The molecule has 0 radical (unpaired) electrons. The first-order valence-corrected chi connectivity index (χ1v) is 10.4. The Balaban J connectivity index is 4.54. The molecule has 2 unspecified atom stereocenters. The van der Waals surface area contributed by atoms with Crippen molar-refractivity contribution in [2.24, 2.45) is 0 Å². The van der Waals surface area contributed by atoms with Crippen LogP contribution in [0.3, 0.4) is 0 Å². The van der Waals surface area contributed by atoms with Crippen LogP contribution in [0.25, 0.3) is 0 Å². The summed E-state index contributed by atoms with van der Waals surface area (Å²) in [6.45, 7) is 9.78. The molecule has 144 valence electrons. The molecule has 6 heteroatoms. The zero-order valence-electron chi connectivity index (χ0n) is 16.1. The summed E-state index contributed by atoms with van der Waals surface area (Å²) in [5.74, 6) is -1.31. The van der Waals surface area contributed by atoms with Crippen molar-refractivity contribution in [1.29, 1.82) is 0 Å². The van der Waals surface area contributed by atoms with E-state index in [2.05, 4.69) is 32.9 Å². The average molecular weight is 372 g/mol. The van der Waals surface area contributed by atoms with Crippen molar-refractivity contribution in [3.63, 3.8) is 0 Å². The molecule has 0 heterocycles. The van der Waals surface area contributed by atoms with E-state index in [4.69, 9.17) is 9.63 Å². The smallest absolute Gasteiger partial charge is 0.342 e. The number of hydrogen-bond donors (Lipinski definition) is 2. The van der Waals surface area contributed by atoms with Crippen molar-refractivity contribution in [3.05, 3.63) is 34.9 Å². The zero-order valence-corrected chi connectivity index (χ0v) is 17.0. The summed E-state index contributed by atoms with van der Waals surface area (Å²) in [5.41, 5.74) is 2.26. The fraction of sp³-hybridized carbons (Fsp3) is 0.632. The summed E-state index contributed by atoms with van der Waals surface area (Å²) in [5, 5.41) is 9.16. The summed E-state index contributed by atoms with van der Waals surface area (Å²) in [4.78, 5) is 21.0. The van der Waals surface area contributed by atoms with Gasteiger partial charge >= 0.3 is 13.6 Å². The second kappa shape index (κ2) is 12.2. The van der Waals surface area contributed by atoms with E-state index in [0.717, 1.165) is 31.3 Å². The molecule has 0 aromatic heterocycles. The number of allylic oxidation sites excluding steroid dienone is 6. The molecule has 0 aromatic rings. The van der Waals surface area contributed by atoms with Crippen LogP contribution in [0.4, 0.5) is 0 Å². The summed E-state index contributed by atoms with van der Waals surface area (Å²) < 4.78 is 16.7. The van der Waals surface area contributed by atoms with Crippen LogP contribution in [0.1, 0.15) is 66.7 Å². The van der Waals surface area contributed by atoms with Gasteiger partial charge in [0.05, 0.1) is 6.61 Å². The van der Waals surface area contributed by atoms with E-state index in [1.165, 1.54) is 11.1 Å². The van der Waals surface area contributed by atoms with Crippen molar-refractivity contribution in [2.45, 2.75) is 72.4 Å². The maximum Gasteiger partial charge on any atom is 0.342 e. The third kappa shape index (κ3) is 11.1. The van der Waals surface area contributed by atoms with Crippen molar-refractivity contribution in [3.8, 4) is 0 Å². The van der Waals surface area contributed by atoms with Gasteiger partial charge in [-0.3, -0.25) is 9.36 Å². The first kappa shape index (κ1) is 23.8. The predicted molar refractivity (Wildman–Crippen MR) is 103 cm³/mol. The lowest BCUT2D eigenvalue weighted by Crippen LogP contribution is -2.21. The Kier molecular flexibility index (Phi) is 11.7. The Hall–Kier alpha value is -1.16. The van der Waals surface area contributed by atoms with Crippen molar-refractivity contribution >= 4 is 13.6 Å². The Labute approximate surface area is 152 Å². The van der Waals surface area contributed by atoms with Gasteiger partial charge in [-0.05, 0) is 66.7 Å². The molecule has 0 fully saturated rings. The van der Waals surface area contributed by atoms with E-state index in [0.29, 0.717) is 0 Å². The van der Waals surface area contributed by atoms with Crippen LogP contribution in [-0.2, 0) is 13.9 Å². The van der Waals surface area contributed by atoms with Crippen LogP contribution in [0.5, 0.6) is 0 Å². The molecule has 0 bridgehead atoms. The number of hydrogen-bond acceptors (Lipinski definition) is 3. The van der Waals surface area contributed by atoms with Gasteiger partial charge < -0.3 is 14.5 Å². The molecule has 2 atom stereocenters. The van der Waals surface area contributed by atoms with Gasteiger partial charge in [0.1, 0.15) is 0 Å². The second-order valence-corrected chi connectivity index (χ2v) is 8.54. The summed E-state index contributed by atoms with van der Waals surface area (Å²) in [6.07, 6.45) is 9.91. The van der Waals surface area contributed by atoms with Crippen LogP contribution < -0.4 is 0 Å². The second-order valence-electron chi connectivity index (χ2n) is 6.53. The number of rotatable bonds is 12. The molecular formula is C19H33O5P. The van der Waals surface area contributed by atoms with Gasteiger partial charge in [-0.1, -0.05) is 34.9 Å². The minimum Gasteiger partial charge on any atom is -0.481 e. The van der Waals surface area contributed by atoms with Gasteiger partial charge in [0.2, 0.25) is 0 Å². The highest BCUT2D eigenvalue weighted by molar-refractivity contribution is 7.54. The minimum absolute atomic E-state index is 0.00177. The van der Waals surface area contributed by atoms with Crippen LogP contribution in [-0.4, -0.2) is 28.2 Å². The molecule has 2 N–H and O–H groups in total. The van der Waals surface area contributed by atoms with E-state index < -0.39 is 19.2 Å². The Morgan fingerprint density at radius 3 is 2.04 bits per heavy atom. The first-order chi connectivity index (χ1) is 11.6. The van der Waals surface area contributed by atoms with Crippen LogP contribution in [0.15, 0.2) is 34.9 Å². The van der Waals surface area contributed by atoms with Gasteiger partial charge in [0.15, 0.2) is 5.66 Å². The molecule has 0 rings (SSSR count). The molecule has 0 saturated carbocycles. The molecule has 0 aliphatic rings. The monoisotopic (exact) mass is 372 g/mol. The molecule has 0 aromatic carbocycles. The molecular weight excluding hydrogens is 339 g/mol. The van der Waals surface area contributed by atoms with Crippen molar-refractivity contribution in [1.82, 2.24) is 0 Å². The Morgan fingerprint density at radius 2 is 1.56 bits per heavy atom. The number of carbonyl (C=O) groups is 1. The Morgan fingerprint density at radius 1 is 1.04 bits per heavy atom. The zero-order chi connectivity index (χ0) is 19.5. The number of carboxylic acid groups (broad SMARTS) is 1. The topological polar surface area (TPSA) is 83.8 Å². The van der Waals surface area contributed by atoms with Gasteiger partial charge in [0, 0.05) is 0 Å². The molecule has 0 amide bonds.